The SMILES string of the molecule is C=CCC1(CCCCCC)OC(=O)O1. The van der Waals surface area contributed by atoms with Crippen molar-refractivity contribution in [2.24, 2.45) is 0 Å². The molecule has 1 saturated heterocycles. The summed E-state index contributed by atoms with van der Waals surface area (Å²) >= 11 is 0. The van der Waals surface area contributed by atoms with Crippen molar-refractivity contribution in [2.45, 2.75) is 51.2 Å². The van der Waals surface area contributed by atoms with Gasteiger partial charge in [-0.15, -0.1) is 6.58 Å². The van der Waals surface area contributed by atoms with E-state index in [4.69, 9.17) is 9.47 Å². The van der Waals surface area contributed by atoms with Crippen LogP contribution < -0.4 is 0 Å². The van der Waals surface area contributed by atoms with Crippen LogP contribution in [0, 0.1) is 0 Å². The van der Waals surface area contributed by atoms with Crippen LogP contribution in [0.15, 0.2) is 12.7 Å². The van der Waals surface area contributed by atoms with Crippen LogP contribution in [0.4, 0.5) is 4.79 Å². The van der Waals surface area contributed by atoms with Crippen molar-refractivity contribution < 1.29 is 14.3 Å². The van der Waals surface area contributed by atoms with Crippen molar-refractivity contribution in [3.05, 3.63) is 12.7 Å². The van der Waals surface area contributed by atoms with Crippen molar-refractivity contribution in [2.75, 3.05) is 0 Å². The molecule has 0 aromatic carbocycles. The molecule has 3 nitrogen and oxygen atoms in total. The zero-order valence-electron chi connectivity index (χ0n) is 8.75. The fraction of sp³-hybridized carbons (Fsp3) is 0.727. The molecule has 0 aromatic rings. The first kappa shape index (κ1) is 11.1. The molecule has 0 saturated carbocycles. The Morgan fingerprint density at radius 2 is 2.07 bits per heavy atom. The van der Waals surface area contributed by atoms with Gasteiger partial charge in [0.15, 0.2) is 0 Å². The molecule has 1 rings (SSSR count). The summed E-state index contributed by atoms with van der Waals surface area (Å²) in [6, 6.07) is 0. The van der Waals surface area contributed by atoms with E-state index in [2.05, 4.69) is 13.5 Å². The van der Waals surface area contributed by atoms with Gasteiger partial charge in [-0.1, -0.05) is 32.3 Å². The van der Waals surface area contributed by atoms with Gasteiger partial charge in [0.1, 0.15) is 0 Å². The zero-order valence-corrected chi connectivity index (χ0v) is 8.75. The van der Waals surface area contributed by atoms with Gasteiger partial charge in [-0.05, 0) is 6.42 Å². The summed E-state index contributed by atoms with van der Waals surface area (Å²) in [6.45, 7) is 5.79. The Bertz CT molecular complexity index is 197. The van der Waals surface area contributed by atoms with E-state index in [0.29, 0.717) is 6.42 Å². The minimum atomic E-state index is -0.674. The van der Waals surface area contributed by atoms with Crippen LogP contribution in [0.5, 0.6) is 0 Å². The molecule has 1 heterocycles. The molecule has 1 fully saturated rings. The van der Waals surface area contributed by atoms with E-state index >= 15 is 0 Å². The third-order valence-corrected chi connectivity index (χ3v) is 2.41. The van der Waals surface area contributed by atoms with Crippen LogP contribution in [0.3, 0.4) is 0 Å². The van der Waals surface area contributed by atoms with Crippen LogP contribution in [-0.2, 0) is 9.47 Å². The molecule has 1 aliphatic heterocycles. The topological polar surface area (TPSA) is 35.5 Å². The van der Waals surface area contributed by atoms with Gasteiger partial charge in [-0.3, -0.25) is 0 Å². The Kier molecular flexibility index (Phi) is 3.98. The van der Waals surface area contributed by atoms with Gasteiger partial charge in [0.05, 0.1) is 0 Å². The van der Waals surface area contributed by atoms with E-state index in [9.17, 15) is 4.79 Å². The van der Waals surface area contributed by atoms with Gasteiger partial charge < -0.3 is 9.47 Å². The van der Waals surface area contributed by atoms with E-state index in [0.717, 1.165) is 19.3 Å². The maximum Gasteiger partial charge on any atom is 0.514 e. The highest BCUT2D eigenvalue weighted by molar-refractivity contribution is 5.65. The Hall–Kier alpha value is -0.990. The lowest BCUT2D eigenvalue weighted by atomic mass is 10.0. The smallest absolute Gasteiger partial charge is 0.390 e. The lowest BCUT2D eigenvalue weighted by Gasteiger charge is -2.39. The molecule has 3 heteroatoms. The average molecular weight is 198 g/mol. The lowest BCUT2D eigenvalue weighted by Crippen LogP contribution is -2.49. The first-order chi connectivity index (χ1) is 6.72. The highest BCUT2D eigenvalue weighted by Crippen LogP contribution is 2.34. The average Bonchev–Trinajstić information content (AvgIpc) is 2.10. The molecule has 0 bridgehead atoms. The standard InChI is InChI=1S/C11H18O3/c1-3-5-6-7-9-11(8-4-2)13-10(12)14-11/h4H,2-3,5-9H2,1H3. The first-order valence-corrected chi connectivity index (χ1v) is 5.25. The van der Waals surface area contributed by atoms with Gasteiger partial charge in [-0.25, -0.2) is 4.79 Å². The van der Waals surface area contributed by atoms with Crippen LogP contribution in [0.1, 0.15) is 45.4 Å². The van der Waals surface area contributed by atoms with Gasteiger partial charge in [0.25, 0.3) is 5.79 Å². The van der Waals surface area contributed by atoms with Gasteiger partial charge in [-0.2, -0.15) is 0 Å². The second-order valence-corrected chi connectivity index (χ2v) is 3.67. The minimum Gasteiger partial charge on any atom is -0.390 e. The largest absolute Gasteiger partial charge is 0.514 e. The van der Waals surface area contributed by atoms with Crippen molar-refractivity contribution in [1.29, 1.82) is 0 Å². The molecule has 0 unspecified atom stereocenters. The normalized spacial score (nSPS) is 17.9. The van der Waals surface area contributed by atoms with Crippen molar-refractivity contribution in [3.8, 4) is 0 Å². The Morgan fingerprint density at radius 3 is 2.57 bits per heavy atom. The number of cyclic esters (lactones) is 2. The molecule has 0 aliphatic carbocycles. The number of ether oxygens (including phenoxy) is 2. The highest BCUT2D eigenvalue weighted by Gasteiger charge is 2.46. The molecule has 0 aromatic heterocycles. The molecule has 1 aliphatic rings. The summed E-state index contributed by atoms with van der Waals surface area (Å²) in [5, 5.41) is 0. The molecule has 0 amide bonds. The Morgan fingerprint density at radius 1 is 1.36 bits per heavy atom. The quantitative estimate of drug-likeness (QED) is 0.357. The molecule has 0 atom stereocenters. The van der Waals surface area contributed by atoms with Gasteiger partial charge in [0.2, 0.25) is 0 Å². The van der Waals surface area contributed by atoms with E-state index in [1.54, 1.807) is 6.08 Å². The molecule has 0 radical (unpaired) electrons. The third-order valence-electron chi connectivity index (χ3n) is 2.41. The van der Waals surface area contributed by atoms with E-state index in [1.165, 1.54) is 12.8 Å². The summed E-state index contributed by atoms with van der Waals surface area (Å²) in [5.41, 5.74) is 0. The number of carbonyl (C=O) groups excluding carboxylic acids is 1. The summed E-state index contributed by atoms with van der Waals surface area (Å²) in [6.07, 6.45) is 7.17. The van der Waals surface area contributed by atoms with Crippen molar-refractivity contribution in [1.82, 2.24) is 0 Å². The first-order valence-electron chi connectivity index (χ1n) is 5.25. The number of carbonyl (C=O) groups is 1. The Balaban J connectivity index is 2.23. The molecule has 14 heavy (non-hydrogen) atoms. The molecular weight excluding hydrogens is 180 g/mol. The maximum absolute atomic E-state index is 10.6. The predicted octanol–water partition coefficient (Wildman–Crippen LogP) is 3.40. The summed E-state index contributed by atoms with van der Waals surface area (Å²) in [7, 11) is 0. The highest BCUT2D eigenvalue weighted by atomic mass is 16.9. The summed E-state index contributed by atoms with van der Waals surface area (Å²) < 4.78 is 10.0. The van der Waals surface area contributed by atoms with Crippen LogP contribution in [-0.4, -0.2) is 11.9 Å². The fourth-order valence-electron chi connectivity index (χ4n) is 1.64. The number of hydrogen-bond donors (Lipinski definition) is 0. The number of rotatable bonds is 7. The lowest BCUT2D eigenvalue weighted by molar-refractivity contribution is -0.272. The number of unbranched alkanes of at least 4 members (excludes halogenated alkanes) is 3. The number of hydrogen-bond acceptors (Lipinski definition) is 3. The minimum absolute atomic E-state index is 0.553. The van der Waals surface area contributed by atoms with Crippen LogP contribution in [0.2, 0.25) is 0 Å². The summed E-state index contributed by atoms with van der Waals surface area (Å²) in [5.74, 6) is -0.674. The monoisotopic (exact) mass is 198 g/mol. The van der Waals surface area contributed by atoms with E-state index < -0.39 is 11.9 Å². The van der Waals surface area contributed by atoms with E-state index in [1.807, 2.05) is 0 Å². The van der Waals surface area contributed by atoms with Crippen LogP contribution >= 0.6 is 0 Å². The van der Waals surface area contributed by atoms with Gasteiger partial charge >= 0.3 is 6.16 Å². The summed E-state index contributed by atoms with van der Waals surface area (Å²) in [4.78, 5) is 10.6. The van der Waals surface area contributed by atoms with Gasteiger partial charge in [0, 0.05) is 12.8 Å². The predicted molar refractivity (Wildman–Crippen MR) is 53.9 cm³/mol. The maximum atomic E-state index is 10.6. The second-order valence-electron chi connectivity index (χ2n) is 3.67. The Labute approximate surface area is 85.1 Å². The second kappa shape index (κ2) is 5.03. The zero-order chi connectivity index (χ0) is 10.4. The third kappa shape index (κ3) is 2.76. The molecular formula is C11H18O3. The van der Waals surface area contributed by atoms with Crippen molar-refractivity contribution in [3.63, 3.8) is 0 Å². The fourth-order valence-corrected chi connectivity index (χ4v) is 1.64. The molecule has 0 spiro atoms. The van der Waals surface area contributed by atoms with Crippen molar-refractivity contribution >= 4 is 6.16 Å². The van der Waals surface area contributed by atoms with Crippen LogP contribution in [0.25, 0.3) is 0 Å². The molecule has 80 valence electrons. The van der Waals surface area contributed by atoms with E-state index in [-0.39, 0.29) is 0 Å². The molecule has 0 N–H and O–H groups in total.